The largest absolute Gasteiger partial charge is 0.388 e. The van der Waals surface area contributed by atoms with Gasteiger partial charge < -0.3 is 5.11 Å². The normalized spacial score (nSPS) is 12.7. The Bertz CT molecular complexity index is 601. The van der Waals surface area contributed by atoms with Crippen molar-refractivity contribution in [3.8, 4) is 0 Å². The van der Waals surface area contributed by atoms with E-state index in [0.717, 1.165) is 13.0 Å². The summed E-state index contributed by atoms with van der Waals surface area (Å²) < 4.78 is 29.4. The third kappa shape index (κ3) is 3.24. The average Bonchev–Trinajstić information content (AvgIpc) is 2.88. The number of aryl methyl sites for hydroxylation is 1. The van der Waals surface area contributed by atoms with Gasteiger partial charge in [-0.1, -0.05) is 6.92 Å². The predicted molar refractivity (Wildman–Crippen MR) is 75.2 cm³/mol. The Morgan fingerprint density at radius 1 is 1.40 bits per heavy atom. The molecule has 0 aliphatic rings. The van der Waals surface area contributed by atoms with Gasteiger partial charge in [-0.05, 0) is 34.5 Å². The van der Waals surface area contributed by atoms with Crippen molar-refractivity contribution in [1.29, 1.82) is 0 Å². The first-order valence-corrected chi connectivity index (χ1v) is 7.15. The molecule has 0 fully saturated rings. The minimum absolute atomic E-state index is 0.130. The van der Waals surface area contributed by atoms with E-state index >= 15 is 0 Å². The Balaban J connectivity index is 2.18. The highest BCUT2D eigenvalue weighted by Gasteiger charge is 2.18. The van der Waals surface area contributed by atoms with Crippen molar-refractivity contribution in [1.82, 2.24) is 9.78 Å². The SMILES string of the molecule is CCCn1cc(C(O)Cc2c(F)ccc(Br)c2F)cn1. The number of halogens is 3. The van der Waals surface area contributed by atoms with Crippen LogP contribution in [-0.4, -0.2) is 14.9 Å². The second-order valence-electron chi connectivity index (χ2n) is 4.58. The van der Waals surface area contributed by atoms with Crippen LogP contribution in [-0.2, 0) is 13.0 Å². The van der Waals surface area contributed by atoms with Crippen LogP contribution in [0, 0.1) is 11.6 Å². The van der Waals surface area contributed by atoms with Gasteiger partial charge in [-0.25, -0.2) is 8.78 Å². The Kier molecular flexibility index (Phi) is 4.88. The molecule has 0 saturated carbocycles. The lowest BCUT2D eigenvalue weighted by Gasteiger charge is -2.11. The topological polar surface area (TPSA) is 38.0 Å². The quantitative estimate of drug-likeness (QED) is 0.841. The lowest BCUT2D eigenvalue weighted by Crippen LogP contribution is -2.06. The summed E-state index contributed by atoms with van der Waals surface area (Å²) in [5.74, 6) is -1.34. The van der Waals surface area contributed by atoms with Gasteiger partial charge in [0.2, 0.25) is 0 Å². The lowest BCUT2D eigenvalue weighted by atomic mass is 10.0. The van der Waals surface area contributed by atoms with Gasteiger partial charge in [-0.3, -0.25) is 4.68 Å². The first-order valence-electron chi connectivity index (χ1n) is 6.35. The van der Waals surface area contributed by atoms with Gasteiger partial charge >= 0.3 is 0 Å². The summed E-state index contributed by atoms with van der Waals surface area (Å²) in [6, 6.07) is 2.48. The summed E-state index contributed by atoms with van der Waals surface area (Å²) in [5.41, 5.74) is 0.423. The van der Waals surface area contributed by atoms with E-state index in [9.17, 15) is 13.9 Å². The van der Waals surface area contributed by atoms with Crippen molar-refractivity contribution in [2.24, 2.45) is 0 Å². The molecule has 3 nitrogen and oxygen atoms in total. The molecule has 0 saturated heterocycles. The molecule has 2 rings (SSSR count). The van der Waals surface area contributed by atoms with Crippen LogP contribution >= 0.6 is 15.9 Å². The van der Waals surface area contributed by atoms with Gasteiger partial charge in [0.1, 0.15) is 11.6 Å². The van der Waals surface area contributed by atoms with Crippen molar-refractivity contribution in [3.05, 3.63) is 51.8 Å². The minimum atomic E-state index is -0.987. The summed E-state index contributed by atoms with van der Waals surface area (Å²) >= 11 is 3.01. The second kappa shape index (κ2) is 6.45. The third-order valence-electron chi connectivity index (χ3n) is 3.03. The second-order valence-corrected chi connectivity index (χ2v) is 5.43. The smallest absolute Gasteiger partial charge is 0.143 e. The molecule has 1 heterocycles. The van der Waals surface area contributed by atoms with E-state index in [1.165, 1.54) is 18.3 Å². The maximum absolute atomic E-state index is 13.8. The van der Waals surface area contributed by atoms with E-state index in [-0.39, 0.29) is 16.5 Å². The molecule has 0 aliphatic carbocycles. The number of hydrogen-bond acceptors (Lipinski definition) is 2. The van der Waals surface area contributed by atoms with Crippen LogP contribution in [0.4, 0.5) is 8.78 Å². The summed E-state index contributed by atoms with van der Waals surface area (Å²) in [6.45, 7) is 2.76. The fourth-order valence-corrected chi connectivity index (χ4v) is 2.34. The molecule has 2 aromatic rings. The number of rotatable bonds is 5. The van der Waals surface area contributed by atoms with Crippen molar-refractivity contribution < 1.29 is 13.9 Å². The Labute approximate surface area is 124 Å². The number of aliphatic hydroxyl groups excluding tert-OH is 1. The number of benzene rings is 1. The molecule has 0 radical (unpaired) electrons. The highest BCUT2D eigenvalue weighted by molar-refractivity contribution is 9.10. The predicted octanol–water partition coefficient (Wildman–Crippen LogP) is 3.61. The number of aromatic nitrogens is 2. The average molecular weight is 345 g/mol. The van der Waals surface area contributed by atoms with E-state index < -0.39 is 17.7 Å². The Morgan fingerprint density at radius 3 is 2.85 bits per heavy atom. The zero-order valence-corrected chi connectivity index (χ0v) is 12.6. The Hall–Kier alpha value is -1.27. The van der Waals surface area contributed by atoms with E-state index in [2.05, 4.69) is 21.0 Å². The monoisotopic (exact) mass is 344 g/mol. The van der Waals surface area contributed by atoms with Gasteiger partial charge in [-0.2, -0.15) is 5.10 Å². The van der Waals surface area contributed by atoms with Gasteiger partial charge in [0.25, 0.3) is 0 Å². The summed E-state index contributed by atoms with van der Waals surface area (Å²) in [5, 5.41) is 14.2. The van der Waals surface area contributed by atoms with Crippen molar-refractivity contribution in [3.63, 3.8) is 0 Å². The summed E-state index contributed by atoms with van der Waals surface area (Å²) in [7, 11) is 0. The standard InChI is InChI=1S/C14H15BrF2N2O/c1-2-5-19-8-9(7-18-19)13(20)6-10-12(16)4-3-11(15)14(10)17/h3-4,7-8,13,20H,2,5-6H2,1H3. The molecule has 20 heavy (non-hydrogen) atoms. The molecule has 1 unspecified atom stereocenters. The molecule has 1 N–H and O–H groups in total. The minimum Gasteiger partial charge on any atom is -0.388 e. The highest BCUT2D eigenvalue weighted by atomic mass is 79.9. The molecule has 1 aromatic carbocycles. The zero-order chi connectivity index (χ0) is 14.7. The molecular formula is C14H15BrF2N2O. The highest BCUT2D eigenvalue weighted by Crippen LogP contribution is 2.26. The fraction of sp³-hybridized carbons (Fsp3) is 0.357. The molecule has 1 atom stereocenters. The van der Waals surface area contributed by atoms with Crippen LogP contribution < -0.4 is 0 Å². The first kappa shape index (κ1) is 15.1. The third-order valence-corrected chi connectivity index (χ3v) is 3.64. The number of hydrogen-bond donors (Lipinski definition) is 1. The van der Waals surface area contributed by atoms with E-state index in [1.807, 2.05) is 6.92 Å². The molecule has 108 valence electrons. The Morgan fingerprint density at radius 2 is 2.15 bits per heavy atom. The van der Waals surface area contributed by atoms with Gasteiger partial charge in [0.15, 0.2) is 0 Å². The molecule has 0 amide bonds. The fourth-order valence-electron chi connectivity index (χ4n) is 1.97. The maximum atomic E-state index is 13.8. The summed E-state index contributed by atoms with van der Waals surface area (Å²) in [6.07, 6.45) is 3.02. The lowest BCUT2D eigenvalue weighted by molar-refractivity contribution is 0.175. The van der Waals surface area contributed by atoms with E-state index in [0.29, 0.717) is 5.56 Å². The van der Waals surface area contributed by atoms with Crippen LogP contribution in [0.5, 0.6) is 0 Å². The van der Waals surface area contributed by atoms with Crippen LogP contribution in [0.25, 0.3) is 0 Å². The molecular weight excluding hydrogens is 330 g/mol. The van der Waals surface area contributed by atoms with Gasteiger partial charge in [-0.15, -0.1) is 0 Å². The van der Waals surface area contributed by atoms with Crippen LogP contribution in [0.1, 0.15) is 30.6 Å². The van der Waals surface area contributed by atoms with Crippen LogP contribution in [0.15, 0.2) is 29.0 Å². The molecule has 1 aromatic heterocycles. The molecule has 0 bridgehead atoms. The molecule has 0 spiro atoms. The van der Waals surface area contributed by atoms with Gasteiger partial charge in [0, 0.05) is 30.3 Å². The van der Waals surface area contributed by atoms with Crippen molar-refractivity contribution in [2.45, 2.75) is 32.4 Å². The molecule has 6 heteroatoms. The van der Waals surface area contributed by atoms with Gasteiger partial charge in [0.05, 0.1) is 16.8 Å². The van der Waals surface area contributed by atoms with Crippen LogP contribution in [0.2, 0.25) is 0 Å². The van der Waals surface area contributed by atoms with Crippen molar-refractivity contribution in [2.75, 3.05) is 0 Å². The first-order chi connectivity index (χ1) is 9.52. The van der Waals surface area contributed by atoms with E-state index in [4.69, 9.17) is 0 Å². The van der Waals surface area contributed by atoms with Crippen molar-refractivity contribution >= 4 is 15.9 Å². The van der Waals surface area contributed by atoms with Crippen LogP contribution in [0.3, 0.4) is 0 Å². The molecule has 0 aliphatic heterocycles. The van der Waals surface area contributed by atoms with E-state index in [1.54, 1.807) is 10.9 Å². The number of aliphatic hydroxyl groups is 1. The zero-order valence-electron chi connectivity index (χ0n) is 11.0. The summed E-state index contributed by atoms with van der Waals surface area (Å²) in [4.78, 5) is 0. The maximum Gasteiger partial charge on any atom is 0.143 e. The number of nitrogens with zero attached hydrogens (tertiary/aromatic N) is 2.